The fourth-order valence-corrected chi connectivity index (χ4v) is 4.38. The second-order valence-corrected chi connectivity index (χ2v) is 8.20. The Morgan fingerprint density at radius 1 is 0.938 bits per heavy atom. The zero-order chi connectivity index (χ0) is 21.5. The second-order valence-electron chi connectivity index (χ2n) is 8.20. The lowest BCUT2D eigenvalue weighted by atomic mass is 10.1. The lowest BCUT2D eigenvalue weighted by molar-refractivity contribution is 0.0984. The minimum atomic E-state index is -0.0987. The highest BCUT2D eigenvalue weighted by atomic mass is 16.5. The Labute approximate surface area is 186 Å². The molecule has 0 N–H and O–H groups in total. The van der Waals surface area contributed by atoms with Crippen molar-refractivity contribution in [1.29, 1.82) is 0 Å². The van der Waals surface area contributed by atoms with E-state index in [1.54, 1.807) is 24.7 Å². The highest BCUT2D eigenvalue weighted by Crippen LogP contribution is 2.40. The van der Waals surface area contributed by atoms with Crippen LogP contribution in [-0.4, -0.2) is 35.0 Å². The molecule has 1 aliphatic carbocycles. The van der Waals surface area contributed by atoms with E-state index in [2.05, 4.69) is 20.9 Å². The maximum Gasteiger partial charge on any atom is 0.263 e. The molecule has 1 saturated carbocycles. The summed E-state index contributed by atoms with van der Waals surface area (Å²) in [5.41, 5.74) is 3.43. The Hall–Kier alpha value is -3.93. The third-order valence-electron chi connectivity index (χ3n) is 6.09. The summed E-state index contributed by atoms with van der Waals surface area (Å²) in [5, 5.41) is 0.983. The van der Waals surface area contributed by atoms with Crippen LogP contribution in [0.5, 0.6) is 11.5 Å². The molecule has 2 aliphatic rings. The summed E-state index contributed by atoms with van der Waals surface area (Å²) in [5.74, 6) is 1.05. The van der Waals surface area contributed by atoms with E-state index in [4.69, 9.17) is 4.74 Å². The van der Waals surface area contributed by atoms with E-state index in [1.807, 2.05) is 53.4 Å². The zero-order valence-corrected chi connectivity index (χ0v) is 17.5. The van der Waals surface area contributed by atoms with Gasteiger partial charge >= 0.3 is 0 Å². The van der Waals surface area contributed by atoms with E-state index in [1.165, 1.54) is 12.8 Å². The van der Waals surface area contributed by atoms with E-state index in [0.717, 1.165) is 28.8 Å². The van der Waals surface area contributed by atoms with Gasteiger partial charge < -0.3 is 14.5 Å². The van der Waals surface area contributed by atoms with Crippen LogP contribution in [0.3, 0.4) is 0 Å². The van der Waals surface area contributed by atoms with Crippen molar-refractivity contribution in [1.82, 2.24) is 9.97 Å². The Kier molecular flexibility index (Phi) is 4.49. The summed E-state index contributed by atoms with van der Waals surface area (Å²) in [6.07, 6.45) is 7.46. The number of nitrogens with zero attached hydrogens (tertiary/aromatic N) is 4. The molecule has 6 nitrogen and oxygen atoms in total. The molecular weight excluding hydrogens is 400 g/mol. The van der Waals surface area contributed by atoms with Crippen LogP contribution >= 0.6 is 0 Å². The first-order valence-corrected chi connectivity index (χ1v) is 10.9. The average Bonchev–Trinajstić information content (AvgIpc) is 3.69. The maximum atomic E-state index is 13.7. The summed E-state index contributed by atoms with van der Waals surface area (Å²) in [4.78, 5) is 26.5. The largest absolute Gasteiger partial charge is 0.456 e. The summed E-state index contributed by atoms with van der Waals surface area (Å²) >= 11 is 0. The monoisotopic (exact) mass is 422 g/mol. The molecule has 0 unspecified atom stereocenters. The zero-order valence-electron chi connectivity index (χ0n) is 17.5. The predicted molar refractivity (Wildman–Crippen MR) is 125 cm³/mol. The van der Waals surface area contributed by atoms with Crippen LogP contribution in [0.25, 0.3) is 10.9 Å². The third-order valence-corrected chi connectivity index (χ3v) is 6.09. The number of amides is 1. The molecule has 0 atom stereocenters. The first-order chi connectivity index (χ1) is 15.8. The van der Waals surface area contributed by atoms with Crippen LogP contribution in [0.15, 0.2) is 79.3 Å². The van der Waals surface area contributed by atoms with Gasteiger partial charge in [-0.15, -0.1) is 0 Å². The molecule has 1 fully saturated rings. The molecular formula is C26H22N4O2. The van der Waals surface area contributed by atoms with Crippen LogP contribution < -0.4 is 14.5 Å². The van der Waals surface area contributed by atoms with E-state index in [0.29, 0.717) is 29.6 Å². The molecule has 2 aromatic heterocycles. The van der Waals surface area contributed by atoms with E-state index < -0.39 is 0 Å². The minimum Gasteiger partial charge on any atom is -0.456 e. The van der Waals surface area contributed by atoms with Gasteiger partial charge in [0.25, 0.3) is 5.91 Å². The van der Waals surface area contributed by atoms with E-state index in [-0.39, 0.29) is 5.91 Å². The Morgan fingerprint density at radius 2 is 1.81 bits per heavy atom. The van der Waals surface area contributed by atoms with Gasteiger partial charge in [-0.05, 0) is 55.3 Å². The second kappa shape index (κ2) is 7.64. The van der Waals surface area contributed by atoms with Crippen LogP contribution in [-0.2, 0) is 0 Å². The third kappa shape index (κ3) is 3.34. The van der Waals surface area contributed by atoms with Crippen molar-refractivity contribution in [2.75, 3.05) is 22.9 Å². The van der Waals surface area contributed by atoms with Gasteiger partial charge in [0, 0.05) is 43.1 Å². The van der Waals surface area contributed by atoms with Gasteiger partial charge in [0.1, 0.15) is 17.1 Å². The number of aromatic nitrogens is 2. The summed E-state index contributed by atoms with van der Waals surface area (Å²) < 4.78 is 6.16. The highest BCUT2D eigenvalue weighted by molar-refractivity contribution is 6.09. The van der Waals surface area contributed by atoms with Gasteiger partial charge in [0.15, 0.2) is 0 Å². The van der Waals surface area contributed by atoms with Gasteiger partial charge in [-0.1, -0.05) is 18.2 Å². The van der Waals surface area contributed by atoms with Crippen molar-refractivity contribution in [3.05, 3.63) is 84.8 Å². The topological polar surface area (TPSA) is 58.6 Å². The number of ether oxygens (including phenoxy) is 1. The summed E-state index contributed by atoms with van der Waals surface area (Å²) in [6, 6.07) is 20.1. The molecule has 0 saturated heterocycles. The van der Waals surface area contributed by atoms with Crippen LogP contribution in [0.1, 0.15) is 23.2 Å². The summed E-state index contributed by atoms with van der Waals surface area (Å²) in [7, 11) is 0. The fraction of sp³-hybridized carbons (Fsp3) is 0.192. The normalized spacial score (nSPS) is 15.5. The standard InChI is InChI=1S/C26H22N4O2/c31-26(30-15-14-29(19-7-8-19)23-5-1-2-6-24(23)30)21-17-27-13-11-25(21)32-20-9-10-22-18(16-20)4-3-12-28-22/h1-6,9-13,16-17,19H,7-8,14-15H2. The molecule has 32 heavy (non-hydrogen) atoms. The molecule has 0 spiro atoms. The first kappa shape index (κ1) is 18.8. The molecule has 3 heterocycles. The minimum absolute atomic E-state index is 0.0987. The number of hydrogen-bond donors (Lipinski definition) is 0. The predicted octanol–water partition coefficient (Wildman–Crippen LogP) is 5.05. The lowest BCUT2D eigenvalue weighted by Crippen LogP contribution is -2.45. The number of anilines is 2. The van der Waals surface area contributed by atoms with Crippen molar-refractivity contribution < 1.29 is 9.53 Å². The van der Waals surface area contributed by atoms with Crippen molar-refractivity contribution in [2.24, 2.45) is 0 Å². The number of hydrogen-bond acceptors (Lipinski definition) is 5. The van der Waals surface area contributed by atoms with Gasteiger partial charge in [-0.2, -0.15) is 0 Å². The van der Waals surface area contributed by atoms with Crippen molar-refractivity contribution in [3.8, 4) is 11.5 Å². The smallest absolute Gasteiger partial charge is 0.263 e. The highest BCUT2D eigenvalue weighted by Gasteiger charge is 2.36. The van der Waals surface area contributed by atoms with Crippen molar-refractivity contribution in [2.45, 2.75) is 18.9 Å². The Bertz CT molecular complexity index is 1320. The van der Waals surface area contributed by atoms with Crippen molar-refractivity contribution >= 4 is 28.2 Å². The van der Waals surface area contributed by atoms with Gasteiger partial charge in [-0.25, -0.2) is 0 Å². The number of benzene rings is 2. The average molecular weight is 422 g/mol. The van der Waals surface area contributed by atoms with E-state index >= 15 is 0 Å². The number of pyridine rings is 2. The molecule has 4 aromatic rings. The van der Waals surface area contributed by atoms with Crippen LogP contribution in [0, 0.1) is 0 Å². The molecule has 6 heteroatoms. The molecule has 6 rings (SSSR count). The summed E-state index contributed by atoms with van der Waals surface area (Å²) in [6.45, 7) is 1.48. The fourth-order valence-electron chi connectivity index (χ4n) is 4.38. The Morgan fingerprint density at radius 3 is 2.69 bits per heavy atom. The number of fused-ring (bicyclic) bond motifs is 2. The molecule has 2 aromatic carbocycles. The first-order valence-electron chi connectivity index (χ1n) is 10.9. The number of carbonyl (C=O) groups excluding carboxylic acids is 1. The molecule has 0 radical (unpaired) electrons. The quantitative estimate of drug-likeness (QED) is 0.461. The molecule has 1 aliphatic heterocycles. The molecule has 158 valence electrons. The van der Waals surface area contributed by atoms with Gasteiger partial charge in [0.05, 0.1) is 16.9 Å². The van der Waals surface area contributed by atoms with Gasteiger partial charge in [-0.3, -0.25) is 14.8 Å². The molecule has 1 amide bonds. The van der Waals surface area contributed by atoms with Crippen molar-refractivity contribution in [3.63, 3.8) is 0 Å². The maximum absolute atomic E-state index is 13.7. The number of para-hydroxylation sites is 2. The lowest BCUT2D eigenvalue weighted by Gasteiger charge is -2.38. The molecule has 0 bridgehead atoms. The SMILES string of the molecule is O=C(c1cnccc1Oc1ccc2ncccc2c1)N1CCN(C2CC2)c2ccccc21. The Balaban J connectivity index is 1.33. The van der Waals surface area contributed by atoms with Gasteiger partial charge in [0.2, 0.25) is 0 Å². The van der Waals surface area contributed by atoms with Crippen LogP contribution in [0.4, 0.5) is 11.4 Å². The van der Waals surface area contributed by atoms with E-state index in [9.17, 15) is 4.79 Å². The number of rotatable bonds is 4. The number of carbonyl (C=O) groups is 1. The van der Waals surface area contributed by atoms with Crippen LogP contribution in [0.2, 0.25) is 0 Å².